The molecule has 0 aromatic heterocycles. The summed E-state index contributed by atoms with van der Waals surface area (Å²) in [5.74, 6) is -0.987. The lowest BCUT2D eigenvalue weighted by Crippen LogP contribution is -2.30. The number of hydrogen-bond donors (Lipinski definition) is 0. The van der Waals surface area contributed by atoms with Crippen molar-refractivity contribution in [1.29, 1.82) is 0 Å². The van der Waals surface area contributed by atoms with Gasteiger partial charge < -0.3 is 14.2 Å². The third-order valence-electron chi connectivity index (χ3n) is 9.35. The highest BCUT2D eigenvalue weighted by Crippen LogP contribution is 2.13. The van der Waals surface area contributed by atoms with Crippen LogP contribution in [0.1, 0.15) is 188 Å². The van der Waals surface area contributed by atoms with E-state index in [1.54, 1.807) is 0 Å². The Hall–Kier alpha value is -3.93. The Bertz CT molecular complexity index is 1260. The van der Waals surface area contributed by atoms with Gasteiger partial charge in [-0.15, -0.1) is 0 Å². The summed E-state index contributed by atoms with van der Waals surface area (Å²) in [4.78, 5) is 37.8. The molecule has 0 fully saturated rings. The average molecular weight is 817 g/mol. The zero-order chi connectivity index (χ0) is 43.0. The van der Waals surface area contributed by atoms with Gasteiger partial charge in [0.1, 0.15) is 13.2 Å². The third kappa shape index (κ3) is 45.0. The van der Waals surface area contributed by atoms with Gasteiger partial charge in [0.25, 0.3) is 0 Å². The molecule has 0 amide bonds. The van der Waals surface area contributed by atoms with Gasteiger partial charge in [-0.3, -0.25) is 14.4 Å². The van der Waals surface area contributed by atoms with Crippen molar-refractivity contribution in [1.82, 2.24) is 0 Å². The molecule has 6 heteroatoms. The summed E-state index contributed by atoms with van der Waals surface area (Å²) in [6.45, 7) is 6.23. The molecule has 0 N–H and O–H groups in total. The Balaban J connectivity index is 4.45. The Labute approximate surface area is 361 Å². The number of hydrogen-bond acceptors (Lipinski definition) is 6. The molecule has 0 heterocycles. The predicted molar refractivity (Wildman–Crippen MR) is 251 cm³/mol. The summed E-state index contributed by atoms with van der Waals surface area (Å²) in [7, 11) is 0. The molecule has 0 saturated carbocycles. The molecule has 332 valence electrons. The molecule has 0 aliphatic heterocycles. The minimum absolute atomic E-state index is 0.108. The van der Waals surface area contributed by atoms with E-state index in [0.717, 1.165) is 116 Å². The molecule has 0 aromatic rings. The van der Waals surface area contributed by atoms with Crippen LogP contribution >= 0.6 is 0 Å². The number of carbonyl (C=O) groups excluding carboxylic acids is 3. The van der Waals surface area contributed by atoms with E-state index in [1.807, 2.05) is 36.5 Å². The van der Waals surface area contributed by atoms with Crippen LogP contribution in [-0.4, -0.2) is 37.2 Å². The highest BCUT2D eigenvalue weighted by atomic mass is 16.6. The molecular formula is C53H84O6. The minimum Gasteiger partial charge on any atom is -0.462 e. The minimum atomic E-state index is -0.806. The lowest BCUT2D eigenvalue weighted by atomic mass is 10.1. The van der Waals surface area contributed by atoms with Gasteiger partial charge in [-0.1, -0.05) is 188 Å². The lowest BCUT2D eigenvalue weighted by molar-refractivity contribution is -0.167. The molecular weight excluding hydrogens is 733 g/mol. The van der Waals surface area contributed by atoms with Crippen LogP contribution in [0.3, 0.4) is 0 Å². The molecule has 0 aliphatic carbocycles. The van der Waals surface area contributed by atoms with Crippen LogP contribution < -0.4 is 0 Å². The number of carbonyl (C=O) groups is 3. The zero-order valence-corrected chi connectivity index (χ0v) is 37.7. The van der Waals surface area contributed by atoms with E-state index in [9.17, 15) is 14.4 Å². The first-order valence-corrected chi connectivity index (χ1v) is 23.5. The van der Waals surface area contributed by atoms with E-state index in [2.05, 4.69) is 93.7 Å². The van der Waals surface area contributed by atoms with Gasteiger partial charge in [-0.2, -0.15) is 0 Å². The van der Waals surface area contributed by atoms with E-state index in [1.165, 1.54) is 32.1 Å². The van der Waals surface area contributed by atoms with E-state index in [4.69, 9.17) is 14.2 Å². The summed E-state index contributed by atoms with van der Waals surface area (Å²) in [5, 5.41) is 0. The van der Waals surface area contributed by atoms with Gasteiger partial charge in [-0.25, -0.2) is 0 Å². The van der Waals surface area contributed by atoms with Crippen molar-refractivity contribution in [3.63, 3.8) is 0 Å². The number of ether oxygens (including phenoxy) is 3. The van der Waals surface area contributed by atoms with Crippen molar-refractivity contribution < 1.29 is 28.6 Å². The van der Waals surface area contributed by atoms with Gasteiger partial charge in [0, 0.05) is 19.3 Å². The maximum absolute atomic E-state index is 12.7. The molecule has 1 unspecified atom stereocenters. The summed E-state index contributed by atoms with van der Waals surface area (Å²) in [5.41, 5.74) is 0. The van der Waals surface area contributed by atoms with Gasteiger partial charge in [-0.05, 0) is 89.9 Å². The molecule has 0 aromatic carbocycles. The molecule has 0 radical (unpaired) electrons. The highest BCUT2D eigenvalue weighted by Gasteiger charge is 2.19. The summed E-state index contributed by atoms with van der Waals surface area (Å²) in [6, 6.07) is 0. The zero-order valence-electron chi connectivity index (χ0n) is 37.7. The second-order valence-electron chi connectivity index (χ2n) is 15.0. The van der Waals surface area contributed by atoms with Crippen LogP contribution in [0.5, 0.6) is 0 Å². The van der Waals surface area contributed by atoms with Crippen molar-refractivity contribution in [2.45, 2.75) is 194 Å². The maximum atomic E-state index is 12.7. The predicted octanol–water partition coefficient (Wildman–Crippen LogP) is 15.2. The molecule has 0 bridgehead atoms. The Kier molecular flexibility index (Phi) is 43.6. The van der Waals surface area contributed by atoms with Crippen molar-refractivity contribution in [2.24, 2.45) is 0 Å². The van der Waals surface area contributed by atoms with Gasteiger partial charge in [0.2, 0.25) is 0 Å². The SMILES string of the molecule is CC/C=C\C/C=C\CCCCCCCCCC(=O)OC(COC(=O)CCCC/C=C\C/C=C\CC)COC(=O)CCCCCCC\C=C/C=C\C=C/C=C\C=C/CCC. The standard InChI is InChI=1S/C53H84O6/c1-4-7-10-13-16-19-21-23-25-26-27-28-30-31-34-37-40-43-46-52(55)58-49-50(48-57-51(54)45-42-39-36-33-18-15-12-9-6-3)59-53(56)47-44-41-38-35-32-29-24-22-20-17-14-11-8-5-2/h8-13,16-21,23,25-28,33,50H,4-7,14-15,22,24,29-32,34-49H2,1-3H3/b11-8-,12-9-,13-10-,19-16-,20-17-,23-21-,26-25-,28-27-,33-18-. The first-order chi connectivity index (χ1) is 29.0. The summed E-state index contributed by atoms with van der Waals surface area (Å²) in [6.07, 6.45) is 62.2. The fourth-order valence-corrected chi connectivity index (χ4v) is 5.90. The smallest absolute Gasteiger partial charge is 0.306 e. The topological polar surface area (TPSA) is 78.9 Å². The second kappa shape index (κ2) is 46.8. The monoisotopic (exact) mass is 817 g/mol. The number of rotatable bonds is 40. The fraction of sp³-hybridized carbons (Fsp3) is 0.604. The van der Waals surface area contributed by atoms with Crippen LogP contribution in [0, 0.1) is 0 Å². The van der Waals surface area contributed by atoms with Crippen LogP contribution in [0.2, 0.25) is 0 Å². The summed E-state index contributed by atoms with van der Waals surface area (Å²) < 4.78 is 16.7. The number of esters is 3. The lowest BCUT2D eigenvalue weighted by Gasteiger charge is -2.18. The number of allylic oxidation sites excluding steroid dienone is 18. The normalized spacial score (nSPS) is 13.1. The first kappa shape index (κ1) is 55.1. The summed E-state index contributed by atoms with van der Waals surface area (Å²) >= 11 is 0. The highest BCUT2D eigenvalue weighted by molar-refractivity contribution is 5.71. The van der Waals surface area contributed by atoms with E-state index in [-0.39, 0.29) is 31.1 Å². The van der Waals surface area contributed by atoms with Gasteiger partial charge in [0.05, 0.1) is 0 Å². The third-order valence-corrected chi connectivity index (χ3v) is 9.35. The molecule has 0 rings (SSSR count). The Morgan fingerprint density at radius 2 is 0.729 bits per heavy atom. The van der Waals surface area contributed by atoms with E-state index < -0.39 is 6.10 Å². The van der Waals surface area contributed by atoms with Crippen molar-refractivity contribution >= 4 is 17.9 Å². The van der Waals surface area contributed by atoms with Crippen molar-refractivity contribution in [2.75, 3.05) is 13.2 Å². The molecule has 0 saturated heterocycles. The van der Waals surface area contributed by atoms with E-state index >= 15 is 0 Å². The van der Waals surface area contributed by atoms with Crippen molar-refractivity contribution in [3.05, 3.63) is 109 Å². The number of unbranched alkanes of at least 4 members (excludes halogenated alkanes) is 15. The molecule has 0 spiro atoms. The van der Waals surface area contributed by atoms with Gasteiger partial charge >= 0.3 is 17.9 Å². The molecule has 0 aliphatic rings. The van der Waals surface area contributed by atoms with Crippen LogP contribution in [0.15, 0.2) is 109 Å². The van der Waals surface area contributed by atoms with Crippen LogP contribution in [-0.2, 0) is 28.6 Å². The van der Waals surface area contributed by atoms with Crippen molar-refractivity contribution in [3.8, 4) is 0 Å². The fourth-order valence-electron chi connectivity index (χ4n) is 5.90. The first-order valence-electron chi connectivity index (χ1n) is 23.5. The molecule has 59 heavy (non-hydrogen) atoms. The van der Waals surface area contributed by atoms with Gasteiger partial charge in [0.15, 0.2) is 6.10 Å². The largest absolute Gasteiger partial charge is 0.462 e. The maximum Gasteiger partial charge on any atom is 0.306 e. The quantitative estimate of drug-likeness (QED) is 0.0201. The van der Waals surface area contributed by atoms with Crippen LogP contribution in [0.4, 0.5) is 0 Å². The Morgan fingerprint density at radius 3 is 1.20 bits per heavy atom. The average Bonchev–Trinajstić information content (AvgIpc) is 3.23. The molecule has 6 nitrogen and oxygen atoms in total. The molecule has 1 atom stereocenters. The Morgan fingerprint density at radius 1 is 0.373 bits per heavy atom. The van der Waals surface area contributed by atoms with Crippen LogP contribution in [0.25, 0.3) is 0 Å². The van der Waals surface area contributed by atoms with E-state index in [0.29, 0.717) is 19.3 Å². The second-order valence-corrected chi connectivity index (χ2v) is 15.0.